The van der Waals surface area contributed by atoms with Gasteiger partial charge in [-0.3, -0.25) is 5.10 Å². The van der Waals surface area contributed by atoms with Crippen molar-refractivity contribution in [2.45, 2.75) is 51.1 Å². The lowest BCUT2D eigenvalue weighted by molar-refractivity contribution is 0.119. The quantitative estimate of drug-likeness (QED) is 0.725. The predicted octanol–water partition coefficient (Wildman–Crippen LogP) is 1.50. The van der Waals surface area contributed by atoms with E-state index in [1.165, 1.54) is 24.8 Å². The van der Waals surface area contributed by atoms with Gasteiger partial charge in [-0.1, -0.05) is 19.3 Å². The molecule has 0 bridgehead atoms. The molecule has 4 nitrogen and oxygen atoms in total. The molecule has 0 saturated heterocycles. The van der Waals surface area contributed by atoms with Gasteiger partial charge in [0.25, 0.3) is 0 Å². The first-order valence-corrected chi connectivity index (χ1v) is 6.10. The molecule has 1 heterocycles. The maximum Gasteiger partial charge on any atom is 0.0613 e. The molecule has 0 aromatic carbocycles. The molecule has 0 atom stereocenters. The van der Waals surface area contributed by atoms with Crippen LogP contribution in [0.25, 0.3) is 0 Å². The van der Waals surface area contributed by atoms with E-state index >= 15 is 0 Å². The number of aromatic nitrogens is 2. The number of aliphatic hydroxyl groups excluding tert-OH is 1. The van der Waals surface area contributed by atoms with E-state index in [2.05, 4.69) is 15.5 Å². The van der Waals surface area contributed by atoms with Crippen LogP contribution >= 0.6 is 0 Å². The lowest BCUT2D eigenvalue weighted by atomic mass is 9.82. The third kappa shape index (κ3) is 2.44. The lowest BCUT2D eigenvalue weighted by Crippen LogP contribution is -2.49. The fourth-order valence-electron chi connectivity index (χ4n) is 2.46. The Bertz CT molecular complexity index is 329. The van der Waals surface area contributed by atoms with Crippen LogP contribution in [0.1, 0.15) is 43.4 Å². The maximum absolute atomic E-state index is 9.55. The first kappa shape index (κ1) is 11.6. The number of rotatable bonds is 4. The molecule has 0 aliphatic heterocycles. The second kappa shape index (κ2) is 4.97. The van der Waals surface area contributed by atoms with Gasteiger partial charge >= 0.3 is 0 Å². The van der Waals surface area contributed by atoms with Crippen molar-refractivity contribution in [3.8, 4) is 0 Å². The number of H-pyrrole nitrogens is 1. The highest BCUT2D eigenvalue weighted by Crippen LogP contribution is 2.28. The van der Waals surface area contributed by atoms with Crippen LogP contribution in [0.4, 0.5) is 0 Å². The zero-order valence-electron chi connectivity index (χ0n) is 9.92. The zero-order valence-corrected chi connectivity index (χ0v) is 9.92. The monoisotopic (exact) mass is 223 g/mol. The van der Waals surface area contributed by atoms with Gasteiger partial charge in [-0.15, -0.1) is 0 Å². The minimum atomic E-state index is -0.0536. The number of nitrogens with zero attached hydrogens (tertiary/aromatic N) is 1. The standard InChI is InChI=1S/C12H21N3O/c1-10-11(8-14-15-10)7-13-12(9-16)5-3-2-4-6-12/h8,13,16H,2-7,9H2,1H3,(H,14,15). The van der Waals surface area contributed by atoms with Crippen LogP contribution in [0.5, 0.6) is 0 Å². The van der Waals surface area contributed by atoms with Gasteiger partial charge in [0.15, 0.2) is 0 Å². The van der Waals surface area contributed by atoms with Crippen molar-refractivity contribution in [3.05, 3.63) is 17.5 Å². The van der Waals surface area contributed by atoms with Crippen molar-refractivity contribution in [2.24, 2.45) is 0 Å². The summed E-state index contributed by atoms with van der Waals surface area (Å²) in [4.78, 5) is 0. The fourth-order valence-corrected chi connectivity index (χ4v) is 2.46. The lowest BCUT2D eigenvalue weighted by Gasteiger charge is -2.36. The normalized spacial score (nSPS) is 19.9. The molecule has 2 rings (SSSR count). The minimum Gasteiger partial charge on any atom is -0.394 e. The Morgan fingerprint density at radius 1 is 1.44 bits per heavy atom. The summed E-state index contributed by atoms with van der Waals surface area (Å²) in [6.45, 7) is 3.06. The highest BCUT2D eigenvalue weighted by Gasteiger charge is 2.30. The van der Waals surface area contributed by atoms with Crippen molar-refractivity contribution in [2.75, 3.05) is 6.61 Å². The first-order chi connectivity index (χ1) is 7.76. The molecule has 1 aromatic rings. The number of hydrogen-bond acceptors (Lipinski definition) is 3. The molecule has 1 saturated carbocycles. The predicted molar refractivity (Wildman–Crippen MR) is 63.1 cm³/mol. The second-order valence-electron chi connectivity index (χ2n) is 4.87. The Kier molecular flexibility index (Phi) is 3.61. The third-order valence-electron chi connectivity index (χ3n) is 3.70. The third-order valence-corrected chi connectivity index (χ3v) is 3.70. The minimum absolute atomic E-state index is 0.0536. The second-order valence-corrected chi connectivity index (χ2v) is 4.87. The van der Waals surface area contributed by atoms with Crippen LogP contribution in [-0.4, -0.2) is 27.4 Å². The van der Waals surface area contributed by atoms with Gasteiger partial charge in [0, 0.05) is 23.3 Å². The van der Waals surface area contributed by atoms with Gasteiger partial charge in [-0.05, 0) is 19.8 Å². The topological polar surface area (TPSA) is 60.9 Å². The first-order valence-electron chi connectivity index (χ1n) is 6.10. The van der Waals surface area contributed by atoms with Crippen LogP contribution in [0, 0.1) is 6.92 Å². The van der Waals surface area contributed by atoms with Crippen LogP contribution in [0.3, 0.4) is 0 Å². The summed E-state index contributed by atoms with van der Waals surface area (Å²) in [6, 6.07) is 0. The molecule has 1 aliphatic rings. The van der Waals surface area contributed by atoms with Crippen molar-refractivity contribution in [1.82, 2.24) is 15.5 Å². The Balaban J connectivity index is 1.94. The smallest absolute Gasteiger partial charge is 0.0613 e. The van der Waals surface area contributed by atoms with Crippen molar-refractivity contribution in [1.29, 1.82) is 0 Å². The molecule has 90 valence electrons. The molecule has 0 unspecified atom stereocenters. The SMILES string of the molecule is Cc1[nH]ncc1CNC1(CO)CCCCC1. The van der Waals surface area contributed by atoms with Gasteiger partial charge < -0.3 is 10.4 Å². The summed E-state index contributed by atoms with van der Waals surface area (Å²) in [7, 11) is 0. The van der Waals surface area contributed by atoms with Gasteiger partial charge in [0.05, 0.1) is 12.8 Å². The summed E-state index contributed by atoms with van der Waals surface area (Å²) in [6.07, 6.45) is 7.76. The number of aliphatic hydroxyl groups is 1. The van der Waals surface area contributed by atoms with Crippen molar-refractivity contribution < 1.29 is 5.11 Å². The molecule has 4 heteroatoms. The average Bonchev–Trinajstić information content (AvgIpc) is 2.74. The van der Waals surface area contributed by atoms with E-state index in [1.54, 1.807) is 0 Å². The Hall–Kier alpha value is -0.870. The maximum atomic E-state index is 9.55. The molecule has 1 aromatic heterocycles. The van der Waals surface area contributed by atoms with Crippen molar-refractivity contribution >= 4 is 0 Å². The fraction of sp³-hybridized carbons (Fsp3) is 0.750. The van der Waals surface area contributed by atoms with Gasteiger partial charge in [-0.2, -0.15) is 5.10 Å². The van der Waals surface area contributed by atoms with E-state index in [9.17, 15) is 5.11 Å². The largest absolute Gasteiger partial charge is 0.394 e. The summed E-state index contributed by atoms with van der Waals surface area (Å²) in [5.41, 5.74) is 2.25. The van der Waals surface area contributed by atoms with Gasteiger partial charge in [0.2, 0.25) is 0 Å². The summed E-state index contributed by atoms with van der Waals surface area (Å²) in [5, 5.41) is 20.0. The van der Waals surface area contributed by atoms with Crippen molar-refractivity contribution in [3.63, 3.8) is 0 Å². The van der Waals surface area contributed by atoms with Crippen LogP contribution in [0.2, 0.25) is 0 Å². The molecule has 1 fully saturated rings. The highest BCUT2D eigenvalue weighted by molar-refractivity contribution is 5.14. The Morgan fingerprint density at radius 2 is 2.19 bits per heavy atom. The number of aryl methyl sites for hydroxylation is 1. The van der Waals surface area contributed by atoms with E-state index in [1.807, 2.05) is 13.1 Å². The van der Waals surface area contributed by atoms with E-state index in [4.69, 9.17) is 0 Å². The molecular formula is C12H21N3O. The molecule has 0 amide bonds. The molecule has 3 N–H and O–H groups in total. The van der Waals surface area contributed by atoms with Crippen LogP contribution < -0.4 is 5.32 Å². The number of nitrogens with one attached hydrogen (secondary N) is 2. The molecule has 0 spiro atoms. The summed E-state index contributed by atoms with van der Waals surface area (Å²) < 4.78 is 0. The van der Waals surface area contributed by atoms with E-state index in [0.29, 0.717) is 0 Å². The van der Waals surface area contributed by atoms with Gasteiger partial charge in [0.1, 0.15) is 0 Å². The Morgan fingerprint density at radius 3 is 2.75 bits per heavy atom. The van der Waals surface area contributed by atoms with Crippen LogP contribution in [0.15, 0.2) is 6.20 Å². The van der Waals surface area contributed by atoms with E-state index in [0.717, 1.165) is 25.1 Å². The average molecular weight is 223 g/mol. The zero-order chi connectivity index (χ0) is 11.4. The summed E-state index contributed by atoms with van der Waals surface area (Å²) in [5.74, 6) is 0. The Labute approximate surface area is 96.5 Å². The van der Waals surface area contributed by atoms with E-state index in [-0.39, 0.29) is 12.1 Å². The van der Waals surface area contributed by atoms with Crippen LogP contribution in [-0.2, 0) is 6.54 Å². The molecular weight excluding hydrogens is 202 g/mol. The molecule has 0 radical (unpaired) electrons. The highest BCUT2D eigenvalue weighted by atomic mass is 16.3. The van der Waals surface area contributed by atoms with E-state index < -0.39 is 0 Å². The number of hydrogen-bond donors (Lipinski definition) is 3. The molecule has 16 heavy (non-hydrogen) atoms. The molecule has 1 aliphatic carbocycles. The number of aromatic amines is 1. The van der Waals surface area contributed by atoms with Gasteiger partial charge in [-0.25, -0.2) is 0 Å². The summed E-state index contributed by atoms with van der Waals surface area (Å²) >= 11 is 0.